The van der Waals surface area contributed by atoms with E-state index in [-0.39, 0.29) is 0 Å². The van der Waals surface area contributed by atoms with E-state index in [1.54, 1.807) is 0 Å². The molecule has 1 N–H and O–H groups in total. The van der Waals surface area contributed by atoms with Crippen LogP contribution in [0.15, 0.2) is 6.07 Å². The molecular formula is C14H27N3S. The standard InChI is InChI=1S/C14H27N3S/c1-4-13-11-14(17(2)16-13)12-15-9-7-5-6-8-10-18-3/h11,15H,4-10,12H2,1-3H3. The number of hydrogen-bond donors (Lipinski definition) is 1. The molecule has 0 bridgehead atoms. The lowest BCUT2D eigenvalue weighted by Crippen LogP contribution is -2.16. The first kappa shape index (κ1) is 15.6. The van der Waals surface area contributed by atoms with Crippen LogP contribution in [0.25, 0.3) is 0 Å². The molecule has 3 nitrogen and oxygen atoms in total. The summed E-state index contributed by atoms with van der Waals surface area (Å²) in [6.45, 7) is 4.20. The number of unbranched alkanes of at least 4 members (excludes halogenated alkanes) is 3. The van der Waals surface area contributed by atoms with Gasteiger partial charge in [-0.2, -0.15) is 16.9 Å². The highest BCUT2D eigenvalue weighted by Gasteiger charge is 2.02. The normalized spacial score (nSPS) is 11.1. The van der Waals surface area contributed by atoms with Crippen molar-refractivity contribution in [3.05, 3.63) is 17.5 Å². The van der Waals surface area contributed by atoms with Crippen LogP contribution in [0.1, 0.15) is 44.0 Å². The summed E-state index contributed by atoms with van der Waals surface area (Å²) in [5.74, 6) is 1.31. The topological polar surface area (TPSA) is 29.9 Å². The Morgan fingerprint density at radius 2 is 2.06 bits per heavy atom. The van der Waals surface area contributed by atoms with Crippen molar-refractivity contribution in [2.24, 2.45) is 7.05 Å². The van der Waals surface area contributed by atoms with Gasteiger partial charge in [-0.15, -0.1) is 0 Å². The van der Waals surface area contributed by atoms with Crippen molar-refractivity contribution in [1.82, 2.24) is 15.1 Å². The lowest BCUT2D eigenvalue weighted by molar-refractivity contribution is 0.577. The molecular weight excluding hydrogens is 242 g/mol. The first-order valence-electron chi connectivity index (χ1n) is 6.99. The van der Waals surface area contributed by atoms with Crippen molar-refractivity contribution >= 4 is 11.8 Å². The van der Waals surface area contributed by atoms with E-state index in [4.69, 9.17) is 0 Å². The fraction of sp³-hybridized carbons (Fsp3) is 0.786. The molecule has 0 amide bonds. The molecule has 104 valence electrons. The molecule has 0 saturated heterocycles. The highest BCUT2D eigenvalue weighted by Crippen LogP contribution is 2.05. The van der Waals surface area contributed by atoms with Crippen molar-refractivity contribution < 1.29 is 0 Å². The Balaban J connectivity index is 2.05. The van der Waals surface area contributed by atoms with Crippen molar-refractivity contribution in [3.8, 4) is 0 Å². The van der Waals surface area contributed by atoms with E-state index < -0.39 is 0 Å². The minimum absolute atomic E-state index is 0.939. The lowest BCUT2D eigenvalue weighted by atomic mass is 10.2. The molecule has 0 aliphatic heterocycles. The van der Waals surface area contributed by atoms with Gasteiger partial charge in [0.2, 0.25) is 0 Å². The second-order valence-corrected chi connectivity index (χ2v) is 5.67. The summed E-state index contributed by atoms with van der Waals surface area (Å²) in [5.41, 5.74) is 2.47. The Hall–Kier alpha value is -0.480. The zero-order chi connectivity index (χ0) is 13.2. The van der Waals surface area contributed by atoms with Crippen LogP contribution >= 0.6 is 11.8 Å². The van der Waals surface area contributed by atoms with Gasteiger partial charge in [-0.25, -0.2) is 0 Å². The van der Waals surface area contributed by atoms with Gasteiger partial charge >= 0.3 is 0 Å². The van der Waals surface area contributed by atoms with Gasteiger partial charge in [-0.05, 0) is 43.9 Å². The summed E-state index contributed by atoms with van der Waals surface area (Å²) in [6, 6.07) is 2.20. The maximum atomic E-state index is 4.45. The molecule has 0 atom stereocenters. The van der Waals surface area contributed by atoms with Gasteiger partial charge in [-0.1, -0.05) is 19.8 Å². The summed E-state index contributed by atoms with van der Waals surface area (Å²) in [4.78, 5) is 0. The zero-order valence-corrected chi connectivity index (χ0v) is 12.9. The van der Waals surface area contributed by atoms with Crippen LogP contribution in [-0.2, 0) is 20.0 Å². The molecule has 4 heteroatoms. The van der Waals surface area contributed by atoms with Gasteiger partial charge in [0.25, 0.3) is 0 Å². The quantitative estimate of drug-likeness (QED) is 0.662. The summed E-state index contributed by atoms with van der Waals surface area (Å²) < 4.78 is 1.99. The van der Waals surface area contributed by atoms with Crippen LogP contribution in [0.5, 0.6) is 0 Å². The maximum Gasteiger partial charge on any atom is 0.0625 e. The molecule has 0 radical (unpaired) electrons. The SMILES string of the molecule is CCc1cc(CNCCCCCCSC)n(C)n1. The smallest absolute Gasteiger partial charge is 0.0625 e. The largest absolute Gasteiger partial charge is 0.311 e. The average Bonchev–Trinajstić information content (AvgIpc) is 2.73. The van der Waals surface area contributed by atoms with Gasteiger partial charge in [-0.3, -0.25) is 4.68 Å². The van der Waals surface area contributed by atoms with Crippen LogP contribution in [0.4, 0.5) is 0 Å². The van der Waals surface area contributed by atoms with Crippen LogP contribution in [-0.4, -0.2) is 28.3 Å². The third kappa shape index (κ3) is 5.91. The molecule has 1 aromatic heterocycles. The van der Waals surface area contributed by atoms with E-state index in [1.165, 1.54) is 42.8 Å². The highest BCUT2D eigenvalue weighted by atomic mass is 32.2. The molecule has 1 heterocycles. The number of aryl methyl sites for hydroxylation is 2. The third-order valence-electron chi connectivity index (χ3n) is 3.15. The van der Waals surface area contributed by atoms with Gasteiger partial charge in [0.1, 0.15) is 0 Å². The molecule has 18 heavy (non-hydrogen) atoms. The number of nitrogens with zero attached hydrogens (tertiary/aromatic N) is 2. The second-order valence-electron chi connectivity index (χ2n) is 4.69. The number of nitrogens with one attached hydrogen (secondary N) is 1. The lowest BCUT2D eigenvalue weighted by Gasteiger charge is -2.05. The molecule has 0 unspecified atom stereocenters. The van der Waals surface area contributed by atoms with Crippen molar-refractivity contribution in [1.29, 1.82) is 0 Å². The highest BCUT2D eigenvalue weighted by molar-refractivity contribution is 7.98. The third-order valence-corrected chi connectivity index (χ3v) is 3.84. The van der Waals surface area contributed by atoms with E-state index in [0.717, 1.165) is 19.5 Å². The Labute approximate surface area is 116 Å². The molecule has 0 aliphatic carbocycles. The number of thioether (sulfide) groups is 1. The average molecular weight is 269 g/mol. The molecule has 0 aromatic carbocycles. The van der Waals surface area contributed by atoms with Gasteiger partial charge in [0.05, 0.1) is 11.4 Å². The van der Waals surface area contributed by atoms with Gasteiger partial charge in [0, 0.05) is 13.6 Å². The van der Waals surface area contributed by atoms with Gasteiger partial charge < -0.3 is 5.32 Å². The van der Waals surface area contributed by atoms with Crippen molar-refractivity contribution in [2.45, 2.75) is 45.6 Å². The van der Waals surface area contributed by atoms with E-state index in [1.807, 2.05) is 23.5 Å². The molecule has 0 saturated carbocycles. The monoisotopic (exact) mass is 269 g/mol. The molecule has 0 fully saturated rings. The van der Waals surface area contributed by atoms with Gasteiger partial charge in [0.15, 0.2) is 0 Å². The summed E-state index contributed by atoms with van der Waals surface area (Å²) in [5, 5.41) is 7.96. The summed E-state index contributed by atoms with van der Waals surface area (Å²) >= 11 is 1.95. The van der Waals surface area contributed by atoms with Crippen molar-refractivity contribution in [3.63, 3.8) is 0 Å². The zero-order valence-electron chi connectivity index (χ0n) is 12.0. The van der Waals surface area contributed by atoms with Crippen LogP contribution in [0.2, 0.25) is 0 Å². The Morgan fingerprint density at radius 1 is 1.28 bits per heavy atom. The van der Waals surface area contributed by atoms with Crippen LogP contribution < -0.4 is 5.32 Å². The summed E-state index contributed by atoms with van der Waals surface area (Å²) in [7, 11) is 2.03. The molecule has 1 aromatic rings. The van der Waals surface area contributed by atoms with Crippen LogP contribution in [0.3, 0.4) is 0 Å². The Morgan fingerprint density at radius 3 is 2.72 bits per heavy atom. The van der Waals surface area contributed by atoms with E-state index in [9.17, 15) is 0 Å². The minimum atomic E-state index is 0.939. The predicted octanol–water partition coefficient (Wildman–Crippen LogP) is 3.00. The first-order chi connectivity index (χ1) is 8.77. The number of hydrogen-bond acceptors (Lipinski definition) is 3. The van der Waals surface area contributed by atoms with Crippen LogP contribution in [0, 0.1) is 0 Å². The fourth-order valence-electron chi connectivity index (χ4n) is 1.98. The maximum absolute atomic E-state index is 4.45. The Kier molecular flexibility index (Phi) is 8.18. The van der Waals surface area contributed by atoms with E-state index in [2.05, 4.69) is 29.7 Å². The van der Waals surface area contributed by atoms with Crippen molar-refractivity contribution in [2.75, 3.05) is 18.6 Å². The predicted molar refractivity (Wildman–Crippen MR) is 81.1 cm³/mol. The first-order valence-corrected chi connectivity index (χ1v) is 8.38. The minimum Gasteiger partial charge on any atom is -0.311 e. The van der Waals surface area contributed by atoms with E-state index in [0.29, 0.717) is 0 Å². The molecule has 0 aliphatic rings. The second kappa shape index (κ2) is 9.45. The summed E-state index contributed by atoms with van der Waals surface area (Å²) in [6.07, 6.45) is 8.56. The fourth-order valence-corrected chi connectivity index (χ4v) is 2.47. The number of rotatable bonds is 10. The number of aromatic nitrogens is 2. The Bertz CT molecular complexity index is 323. The molecule has 0 spiro atoms. The van der Waals surface area contributed by atoms with E-state index >= 15 is 0 Å². The molecule has 1 rings (SSSR count).